The summed E-state index contributed by atoms with van der Waals surface area (Å²) in [5.74, 6) is 0.626. The number of benzene rings is 1. The highest BCUT2D eigenvalue weighted by Crippen LogP contribution is 2.16. The van der Waals surface area contributed by atoms with Gasteiger partial charge >= 0.3 is 0 Å². The molecule has 0 fully saturated rings. The molecule has 0 spiro atoms. The van der Waals surface area contributed by atoms with Crippen LogP contribution in [0.5, 0.6) is 0 Å². The van der Waals surface area contributed by atoms with Gasteiger partial charge in [-0.3, -0.25) is 4.79 Å². The molecule has 3 aromatic rings. The van der Waals surface area contributed by atoms with E-state index >= 15 is 0 Å². The quantitative estimate of drug-likeness (QED) is 0.721. The van der Waals surface area contributed by atoms with Crippen molar-refractivity contribution in [3.05, 3.63) is 69.5 Å². The zero-order valence-corrected chi connectivity index (χ0v) is 13.8. The minimum atomic E-state index is -0.110. The third-order valence-electron chi connectivity index (χ3n) is 3.39. The number of hydrogen-bond donors (Lipinski definition) is 0. The second-order valence-corrected chi connectivity index (χ2v) is 6.32. The van der Waals surface area contributed by atoms with E-state index in [0.717, 1.165) is 22.9 Å². The lowest BCUT2D eigenvalue weighted by molar-refractivity contribution is 0.0777. The van der Waals surface area contributed by atoms with E-state index in [2.05, 4.69) is 22.3 Å². The average molecular weight is 327 g/mol. The van der Waals surface area contributed by atoms with Gasteiger partial charge in [-0.25, -0.2) is 4.98 Å². The highest BCUT2D eigenvalue weighted by Gasteiger charge is 2.17. The van der Waals surface area contributed by atoms with Gasteiger partial charge in [0.2, 0.25) is 0 Å². The van der Waals surface area contributed by atoms with Crippen molar-refractivity contribution in [1.29, 1.82) is 0 Å². The molecule has 2 aromatic heterocycles. The van der Waals surface area contributed by atoms with E-state index in [4.69, 9.17) is 4.52 Å². The van der Waals surface area contributed by atoms with Gasteiger partial charge in [-0.2, -0.15) is 0 Å². The number of nitrogens with zero attached hydrogens (tertiary/aromatic N) is 3. The molecule has 5 nitrogen and oxygen atoms in total. The maximum absolute atomic E-state index is 12.4. The lowest BCUT2D eigenvalue weighted by Gasteiger charge is -2.13. The summed E-state index contributed by atoms with van der Waals surface area (Å²) < 4.78 is 5.02. The summed E-state index contributed by atoms with van der Waals surface area (Å²) in [6.07, 6.45) is 0.741. The molecule has 118 valence electrons. The van der Waals surface area contributed by atoms with Crippen LogP contribution in [-0.4, -0.2) is 28.0 Å². The first kappa shape index (κ1) is 15.4. The fourth-order valence-electron chi connectivity index (χ4n) is 2.26. The Morgan fingerprint density at radius 3 is 2.78 bits per heavy atom. The Balaban J connectivity index is 1.65. The number of carbonyl (C=O) groups is 1. The van der Waals surface area contributed by atoms with Crippen molar-refractivity contribution in [1.82, 2.24) is 15.0 Å². The molecule has 3 rings (SSSR count). The monoisotopic (exact) mass is 327 g/mol. The largest absolute Gasteiger partial charge is 0.361 e. The summed E-state index contributed by atoms with van der Waals surface area (Å²) in [7, 11) is 1.74. The van der Waals surface area contributed by atoms with E-state index in [1.54, 1.807) is 11.9 Å². The van der Waals surface area contributed by atoms with Gasteiger partial charge in [0.15, 0.2) is 0 Å². The lowest BCUT2D eigenvalue weighted by Crippen LogP contribution is -2.26. The second-order valence-electron chi connectivity index (χ2n) is 5.38. The van der Waals surface area contributed by atoms with Crippen LogP contribution in [-0.2, 0) is 13.0 Å². The maximum atomic E-state index is 12.4. The summed E-state index contributed by atoms with van der Waals surface area (Å²) in [6, 6.07) is 11.9. The molecule has 23 heavy (non-hydrogen) atoms. The molecule has 1 amide bonds. The van der Waals surface area contributed by atoms with Crippen LogP contribution in [0.1, 0.15) is 32.5 Å². The van der Waals surface area contributed by atoms with Crippen molar-refractivity contribution in [2.45, 2.75) is 19.9 Å². The van der Waals surface area contributed by atoms with Gasteiger partial charge in [0.05, 0.1) is 11.6 Å². The van der Waals surface area contributed by atoms with Crippen LogP contribution in [0, 0.1) is 6.92 Å². The van der Waals surface area contributed by atoms with Gasteiger partial charge < -0.3 is 9.42 Å². The van der Waals surface area contributed by atoms with Gasteiger partial charge in [0, 0.05) is 24.9 Å². The van der Waals surface area contributed by atoms with Crippen LogP contribution >= 0.6 is 11.3 Å². The van der Waals surface area contributed by atoms with Crippen LogP contribution in [0.25, 0.3) is 0 Å². The maximum Gasteiger partial charge on any atom is 0.273 e. The van der Waals surface area contributed by atoms with Crippen molar-refractivity contribution >= 4 is 17.2 Å². The number of hydrogen-bond acceptors (Lipinski definition) is 5. The lowest BCUT2D eigenvalue weighted by atomic mass is 10.2. The number of carbonyl (C=O) groups excluding carboxylic acids is 1. The first-order valence-corrected chi connectivity index (χ1v) is 8.16. The summed E-state index contributed by atoms with van der Waals surface area (Å²) in [6.45, 7) is 2.23. The molecule has 0 N–H and O–H groups in total. The van der Waals surface area contributed by atoms with Gasteiger partial charge in [-0.05, 0) is 12.5 Å². The zero-order valence-electron chi connectivity index (χ0n) is 13.0. The molecule has 0 bridgehead atoms. The number of rotatable bonds is 5. The van der Waals surface area contributed by atoms with E-state index in [9.17, 15) is 4.79 Å². The Hall–Kier alpha value is -2.47. The molecule has 0 atom stereocenters. The molecule has 0 radical (unpaired) electrons. The molecule has 6 heteroatoms. The first-order valence-electron chi connectivity index (χ1n) is 7.28. The predicted molar refractivity (Wildman–Crippen MR) is 88.4 cm³/mol. The molecule has 0 saturated carbocycles. The predicted octanol–water partition coefficient (Wildman–Crippen LogP) is 3.30. The van der Waals surface area contributed by atoms with E-state index in [0.29, 0.717) is 12.2 Å². The van der Waals surface area contributed by atoms with Crippen LogP contribution in [0.4, 0.5) is 0 Å². The van der Waals surface area contributed by atoms with Gasteiger partial charge in [-0.15, -0.1) is 11.3 Å². The molecule has 0 unspecified atom stereocenters. The van der Waals surface area contributed by atoms with Crippen molar-refractivity contribution in [2.75, 3.05) is 7.05 Å². The Kier molecular flexibility index (Phi) is 4.52. The van der Waals surface area contributed by atoms with Crippen molar-refractivity contribution < 1.29 is 9.32 Å². The smallest absolute Gasteiger partial charge is 0.273 e. The Labute approximate surface area is 138 Å². The number of aromatic nitrogens is 2. The molecular weight excluding hydrogens is 310 g/mol. The minimum Gasteiger partial charge on any atom is -0.361 e. The summed E-state index contributed by atoms with van der Waals surface area (Å²) in [4.78, 5) is 18.5. The van der Waals surface area contributed by atoms with Crippen molar-refractivity contribution in [3.8, 4) is 0 Å². The van der Waals surface area contributed by atoms with Crippen molar-refractivity contribution in [3.63, 3.8) is 0 Å². The highest BCUT2D eigenvalue weighted by molar-refractivity contribution is 7.09. The van der Waals surface area contributed by atoms with E-state index < -0.39 is 0 Å². The Morgan fingerprint density at radius 2 is 2.09 bits per heavy atom. The first-order chi connectivity index (χ1) is 11.1. The second kappa shape index (κ2) is 6.75. The molecule has 0 aliphatic rings. The van der Waals surface area contributed by atoms with Gasteiger partial charge in [0.1, 0.15) is 17.1 Å². The Morgan fingerprint density at radius 1 is 1.30 bits per heavy atom. The molecular formula is C17H17N3O2S. The summed E-state index contributed by atoms with van der Waals surface area (Å²) in [5.41, 5.74) is 2.40. The number of aryl methyl sites for hydroxylation is 1. The van der Waals surface area contributed by atoms with Crippen LogP contribution < -0.4 is 0 Å². The normalized spacial score (nSPS) is 10.7. The van der Waals surface area contributed by atoms with E-state index in [1.807, 2.05) is 36.6 Å². The topological polar surface area (TPSA) is 59.2 Å². The molecule has 0 saturated heterocycles. The van der Waals surface area contributed by atoms with Gasteiger partial charge in [0.25, 0.3) is 5.91 Å². The molecule has 2 heterocycles. The van der Waals surface area contributed by atoms with Crippen LogP contribution in [0.15, 0.2) is 46.3 Å². The highest BCUT2D eigenvalue weighted by atomic mass is 32.1. The standard InChI is InChI=1S/C17H17N3O2S/c1-12-8-14(19-22-12)10-20(2)17(21)15-11-23-16(18-15)9-13-6-4-3-5-7-13/h3-8,11H,9-10H2,1-2H3. The molecule has 0 aliphatic heterocycles. The SMILES string of the molecule is Cc1cc(CN(C)C(=O)c2csc(Cc3ccccc3)n2)no1. The Bertz CT molecular complexity index is 795. The fourth-order valence-corrected chi connectivity index (χ4v) is 3.07. The third-order valence-corrected chi connectivity index (χ3v) is 4.24. The van der Waals surface area contributed by atoms with E-state index in [1.165, 1.54) is 16.9 Å². The average Bonchev–Trinajstić information content (AvgIpc) is 3.17. The summed E-state index contributed by atoms with van der Waals surface area (Å²) in [5, 5.41) is 6.65. The molecule has 0 aliphatic carbocycles. The zero-order chi connectivity index (χ0) is 16.2. The van der Waals surface area contributed by atoms with Crippen LogP contribution in [0.2, 0.25) is 0 Å². The van der Waals surface area contributed by atoms with Gasteiger partial charge in [-0.1, -0.05) is 35.5 Å². The molecule has 1 aromatic carbocycles. The minimum absolute atomic E-state index is 0.110. The third kappa shape index (κ3) is 3.84. The van der Waals surface area contributed by atoms with E-state index in [-0.39, 0.29) is 5.91 Å². The number of thiazole rings is 1. The number of amides is 1. The van der Waals surface area contributed by atoms with Crippen LogP contribution in [0.3, 0.4) is 0 Å². The fraction of sp³-hybridized carbons (Fsp3) is 0.235. The van der Waals surface area contributed by atoms with Crippen molar-refractivity contribution in [2.24, 2.45) is 0 Å². The summed E-state index contributed by atoms with van der Waals surface area (Å²) >= 11 is 1.51.